The van der Waals surface area contributed by atoms with Gasteiger partial charge in [0.15, 0.2) is 5.57 Å². The zero-order valence-electron chi connectivity index (χ0n) is 21.9. The molecule has 4 rings (SSSR count). The first-order valence-corrected chi connectivity index (χ1v) is 13.7. The molecule has 0 unspecified atom stereocenters. The van der Waals surface area contributed by atoms with Gasteiger partial charge in [-0.05, 0) is 63.0 Å². The fourth-order valence-corrected chi connectivity index (χ4v) is 5.92. The SMILES string of the molecule is CCn1c(=O)/c(=C/Nc2ccc3c(c2)c(CCN2CCCCC2)cn3C)s/c1=C(\C#N)C(=O)NCC(F)(F)F. The van der Waals surface area contributed by atoms with Crippen molar-refractivity contribution in [2.75, 3.05) is 31.5 Å². The van der Waals surface area contributed by atoms with Crippen LogP contribution >= 0.6 is 11.3 Å². The summed E-state index contributed by atoms with van der Waals surface area (Å²) in [6.45, 7) is 3.52. The maximum atomic E-state index is 13.0. The Bertz CT molecular complexity index is 1570. The number of aromatic nitrogens is 2. The second kappa shape index (κ2) is 12.1. The molecule has 0 spiro atoms. The lowest BCUT2D eigenvalue weighted by Gasteiger charge is -2.26. The molecule has 1 fully saturated rings. The van der Waals surface area contributed by atoms with E-state index in [9.17, 15) is 28.0 Å². The van der Waals surface area contributed by atoms with E-state index in [0.717, 1.165) is 54.0 Å². The molecule has 12 heteroatoms. The molecule has 208 valence electrons. The summed E-state index contributed by atoms with van der Waals surface area (Å²) in [6.07, 6.45) is 3.76. The summed E-state index contributed by atoms with van der Waals surface area (Å²) in [5.74, 6) is -1.18. The van der Waals surface area contributed by atoms with Crippen molar-refractivity contribution in [2.45, 2.75) is 45.3 Å². The van der Waals surface area contributed by atoms with Crippen LogP contribution in [0.4, 0.5) is 18.9 Å². The van der Waals surface area contributed by atoms with Gasteiger partial charge in [-0.25, -0.2) is 0 Å². The molecule has 1 aliphatic heterocycles. The maximum Gasteiger partial charge on any atom is 0.405 e. The number of rotatable bonds is 8. The fraction of sp³-hybridized carbons (Fsp3) is 0.444. The van der Waals surface area contributed by atoms with Gasteiger partial charge in [-0.3, -0.25) is 14.2 Å². The first-order valence-electron chi connectivity index (χ1n) is 12.9. The lowest BCUT2D eigenvalue weighted by molar-refractivity contribution is -0.135. The van der Waals surface area contributed by atoms with Crippen molar-refractivity contribution in [3.63, 3.8) is 0 Å². The molecule has 3 heterocycles. The monoisotopic (exact) mass is 560 g/mol. The number of anilines is 1. The summed E-state index contributed by atoms with van der Waals surface area (Å²) in [4.78, 5) is 27.8. The topological polar surface area (TPSA) is 95.1 Å². The van der Waals surface area contributed by atoms with Gasteiger partial charge >= 0.3 is 6.18 Å². The van der Waals surface area contributed by atoms with Gasteiger partial charge < -0.3 is 20.1 Å². The van der Waals surface area contributed by atoms with E-state index in [4.69, 9.17) is 0 Å². The molecule has 8 nitrogen and oxygen atoms in total. The molecular weight excluding hydrogens is 529 g/mol. The number of alkyl halides is 3. The van der Waals surface area contributed by atoms with E-state index >= 15 is 0 Å². The smallest absolute Gasteiger partial charge is 0.360 e. The number of halogens is 3. The third kappa shape index (κ3) is 6.72. The standard InChI is InChI=1S/C27H31F3N6O2S/c1-3-36-25(38)23(39-26(36)21(14-31)24(37)33-17-27(28,29)30)15-32-19-7-8-22-20(13-19)18(16-34(22)2)9-12-35-10-5-4-6-11-35/h7-8,13,15-16,32H,3-6,9-12,17H2,1-2H3,(H,33,37)/b23-15-,26-21+. The number of thiazole rings is 1. The number of hydrogen-bond donors (Lipinski definition) is 2. The van der Waals surface area contributed by atoms with Crippen molar-refractivity contribution in [1.29, 1.82) is 5.26 Å². The summed E-state index contributed by atoms with van der Waals surface area (Å²) in [5, 5.41) is 15.5. The van der Waals surface area contributed by atoms with Crippen LogP contribution in [0.3, 0.4) is 0 Å². The Morgan fingerprint density at radius 1 is 1.23 bits per heavy atom. The van der Waals surface area contributed by atoms with E-state index in [1.54, 1.807) is 18.3 Å². The van der Waals surface area contributed by atoms with Crippen molar-refractivity contribution >= 4 is 45.6 Å². The van der Waals surface area contributed by atoms with Gasteiger partial charge in [-0.2, -0.15) is 18.4 Å². The highest BCUT2D eigenvalue weighted by Gasteiger charge is 2.29. The second-order valence-corrected chi connectivity index (χ2v) is 10.6. The fourth-order valence-electron chi connectivity index (χ4n) is 4.83. The highest BCUT2D eigenvalue weighted by atomic mass is 32.1. The Labute approximate surface area is 227 Å². The number of aryl methyl sites for hydroxylation is 1. The Morgan fingerprint density at radius 3 is 2.64 bits per heavy atom. The first-order chi connectivity index (χ1) is 18.6. The number of fused-ring (bicyclic) bond motifs is 1. The molecule has 3 aromatic rings. The van der Waals surface area contributed by atoms with Gasteiger partial charge in [0.25, 0.3) is 11.5 Å². The lowest BCUT2D eigenvalue weighted by atomic mass is 10.1. The molecule has 39 heavy (non-hydrogen) atoms. The number of amides is 1. The van der Waals surface area contributed by atoms with E-state index in [0.29, 0.717) is 0 Å². The Balaban J connectivity index is 1.62. The van der Waals surface area contributed by atoms with Crippen LogP contribution in [-0.2, 0) is 24.8 Å². The molecule has 1 aliphatic rings. The van der Waals surface area contributed by atoms with Gasteiger partial charge in [0.2, 0.25) is 0 Å². The van der Waals surface area contributed by atoms with Crippen LogP contribution in [0.15, 0.2) is 29.2 Å². The summed E-state index contributed by atoms with van der Waals surface area (Å²) >= 11 is 0.880. The van der Waals surface area contributed by atoms with E-state index in [-0.39, 0.29) is 15.7 Å². The Morgan fingerprint density at radius 2 is 1.97 bits per heavy atom. The van der Waals surface area contributed by atoms with Crippen LogP contribution < -0.4 is 25.4 Å². The van der Waals surface area contributed by atoms with Crippen molar-refractivity contribution in [3.05, 3.63) is 49.5 Å². The van der Waals surface area contributed by atoms with Crippen molar-refractivity contribution in [1.82, 2.24) is 19.4 Å². The first kappa shape index (κ1) is 28.4. The Hall–Kier alpha value is -3.56. The van der Waals surface area contributed by atoms with Gasteiger partial charge in [-0.1, -0.05) is 6.42 Å². The van der Waals surface area contributed by atoms with Crippen LogP contribution in [-0.4, -0.2) is 52.3 Å². The number of likely N-dealkylation sites (tertiary alicyclic amines) is 1. The molecular formula is C27H31F3N6O2S. The average Bonchev–Trinajstić information content (AvgIpc) is 3.40. The molecule has 2 N–H and O–H groups in total. The quantitative estimate of drug-likeness (QED) is 0.442. The summed E-state index contributed by atoms with van der Waals surface area (Å²) in [7, 11) is 2.01. The highest BCUT2D eigenvalue weighted by Crippen LogP contribution is 2.25. The maximum absolute atomic E-state index is 13.0. The van der Waals surface area contributed by atoms with Gasteiger partial charge in [0, 0.05) is 49.1 Å². The van der Waals surface area contributed by atoms with Crippen LogP contribution in [0.5, 0.6) is 0 Å². The van der Waals surface area contributed by atoms with Crippen LogP contribution in [0.1, 0.15) is 31.7 Å². The van der Waals surface area contributed by atoms with Gasteiger partial charge in [0.05, 0.1) is 0 Å². The number of nitrogens with one attached hydrogen (secondary N) is 2. The number of carbonyl (C=O) groups is 1. The van der Waals surface area contributed by atoms with E-state index < -0.39 is 29.8 Å². The molecule has 2 aromatic heterocycles. The van der Waals surface area contributed by atoms with Crippen LogP contribution in [0.25, 0.3) is 22.7 Å². The van der Waals surface area contributed by atoms with Crippen molar-refractivity contribution in [3.8, 4) is 6.07 Å². The third-order valence-electron chi connectivity index (χ3n) is 6.81. The van der Waals surface area contributed by atoms with E-state index in [1.807, 2.05) is 25.2 Å². The van der Waals surface area contributed by atoms with E-state index in [2.05, 4.69) is 21.0 Å². The molecule has 1 amide bonds. The van der Waals surface area contributed by atoms with Crippen molar-refractivity contribution < 1.29 is 18.0 Å². The largest absolute Gasteiger partial charge is 0.405 e. The molecule has 0 aliphatic carbocycles. The predicted octanol–water partition coefficient (Wildman–Crippen LogP) is 2.65. The summed E-state index contributed by atoms with van der Waals surface area (Å²) in [5.41, 5.74) is 2.12. The van der Waals surface area contributed by atoms with Gasteiger partial charge in [0.1, 0.15) is 21.8 Å². The normalized spacial score (nSPS) is 15.8. The van der Waals surface area contributed by atoms with Crippen LogP contribution in [0.2, 0.25) is 0 Å². The number of carbonyl (C=O) groups excluding carboxylic acids is 1. The second-order valence-electron chi connectivity index (χ2n) is 9.54. The number of nitrogens with zero attached hydrogens (tertiary/aromatic N) is 4. The third-order valence-corrected chi connectivity index (χ3v) is 7.94. The molecule has 0 atom stereocenters. The summed E-state index contributed by atoms with van der Waals surface area (Å²) < 4.78 is 41.2. The summed E-state index contributed by atoms with van der Waals surface area (Å²) in [6, 6.07) is 7.59. The highest BCUT2D eigenvalue weighted by molar-refractivity contribution is 7.07. The Kier molecular flexibility index (Phi) is 8.82. The number of nitriles is 1. The zero-order chi connectivity index (χ0) is 28.2. The average molecular weight is 561 g/mol. The molecule has 0 bridgehead atoms. The number of piperidine rings is 1. The van der Waals surface area contributed by atoms with Crippen molar-refractivity contribution in [2.24, 2.45) is 7.05 Å². The minimum absolute atomic E-state index is 0.0104. The molecule has 1 saturated heterocycles. The molecule has 0 saturated carbocycles. The molecule has 0 radical (unpaired) electrons. The minimum atomic E-state index is -4.62. The molecule has 1 aromatic carbocycles. The predicted molar refractivity (Wildman–Crippen MR) is 147 cm³/mol. The number of benzene rings is 1. The van der Waals surface area contributed by atoms with Crippen LogP contribution in [0, 0.1) is 11.3 Å². The zero-order valence-corrected chi connectivity index (χ0v) is 22.7. The van der Waals surface area contributed by atoms with E-state index in [1.165, 1.54) is 35.6 Å². The lowest BCUT2D eigenvalue weighted by Crippen LogP contribution is -2.37. The van der Waals surface area contributed by atoms with Gasteiger partial charge in [-0.15, -0.1) is 11.3 Å². The number of hydrogen-bond acceptors (Lipinski definition) is 6. The minimum Gasteiger partial charge on any atom is -0.360 e.